The van der Waals surface area contributed by atoms with Crippen molar-refractivity contribution in [3.8, 4) is 6.07 Å². The molecule has 3 rings (SSSR count). The predicted octanol–water partition coefficient (Wildman–Crippen LogP) is 3.89. The van der Waals surface area contributed by atoms with E-state index in [2.05, 4.69) is 22.5 Å². The number of piperidine rings is 1. The summed E-state index contributed by atoms with van der Waals surface area (Å²) in [7, 11) is -3.54. The normalized spacial score (nSPS) is 19.1. The number of aromatic nitrogens is 2. The molecular formula is C21H30N4O3S2. The van der Waals surface area contributed by atoms with Crippen LogP contribution in [0.2, 0.25) is 0 Å². The summed E-state index contributed by atoms with van der Waals surface area (Å²) < 4.78 is 35.4. The number of rotatable bonds is 9. The number of hydrogen-bond donors (Lipinski definition) is 0. The van der Waals surface area contributed by atoms with Crippen LogP contribution >= 0.6 is 11.8 Å². The van der Waals surface area contributed by atoms with Crippen LogP contribution in [0.3, 0.4) is 0 Å². The van der Waals surface area contributed by atoms with Crippen LogP contribution in [-0.4, -0.2) is 53.8 Å². The first kappa shape index (κ1) is 23.1. The van der Waals surface area contributed by atoms with Crippen LogP contribution in [0.1, 0.15) is 40.0 Å². The third-order valence-electron chi connectivity index (χ3n) is 5.28. The minimum absolute atomic E-state index is 0.245. The topological polar surface area (TPSA) is 88.2 Å². The lowest BCUT2D eigenvalue weighted by Crippen LogP contribution is -2.39. The van der Waals surface area contributed by atoms with Gasteiger partial charge in [0.25, 0.3) is 0 Å². The molecule has 0 saturated carbocycles. The van der Waals surface area contributed by atoms with Gasteiger partial charge in [-0.2, -0.15) is 9.57 Å². The van der Waals surface area contributed by atoms with E-state index in [-0.39, 0.29) is 10.1 Å². The van der Waals surface area contributed by atoms with Gasteiger partial charge in [0.15, 0.2) is 5.16 Å². The first-order valence-corrected chi connectivity index (χ1v) is 12.8. The van der Waals surface area contributed by atoms with Gasteiger partial charge in [0, 0.05) is 32.8 Å². The summed E-state index contributed by atoms with van der Waals surface area (Å²) in [5.74, 6) is 0.372. The van der Waals surface area contributed by atoms with Crippen molar-refractivity contribution in [2.24, 2.45) is 5.92 Å². The van der Waals surface area contributed by atoms with Crippen molar-refractivity contribution >= 4 is 32.8 Å². The zero-order valence-corrected chi connectivity index (χ0v) is 19.5. The fourth-order valence-electron chi connectivity index (χ4n) is 3.72. The molecule has 30 heavy (non-hydrogen) atoms. The number of fused-ring (bicyclic) bond motifs is 1. The summed E-state index contributed by atoms with van der Waals surface area (Å²) in [6.07, 6.45) is 2.78. The zero-order valence-electron chi connectivity index (χ0n) is 17.9. The SMILES string of the molecule is CCOCCCn1c(SC(C)C#N)nc2cc(S(=O)(=O)N3CCCC(C)C3)ccc21. The average molecular weight is 451 g/mol. The van der Waals surface area contributed by atoms with Gasteiger partial charge in [-0.25, -0.2) is 13.4 Å². The maximum atomic E-state index is 13.2. The smallest absolute Gasteiger partial charge is 0.243 e. The third kappa shape index (κ3) is 5.17. The maximum Gasteiger partial charge on any atom is 0.243 e. The highest BCUT2D eigenvalue weighted by molar-refractivity contribution is 8.00. The number of imidazole rings is 1. The summed E-state index contributed by atoms with van der Waals surface area (Å²) >= 11 is 1.39. The molecular weight excluding hydrogens is 420 g/mol. The Morgan fingerprint density at radius 2 is 2.23 bits per heavy atom. The third-order valence-corrected chi connectivity index (χ3v) is 8.12. The minimum atomic E-state index is -3.54. The van der Waals surface area contributed by atoms with E-state index in [0.29, 0.717) is 44.3 Å². The van der Waals surface area contributed by atoms with Crippen LogP contribution < -0.4 is 0 Å². The highest BCUT2D eigenvalue weighted by Crippen LogP contribution is 2.30. The van der Waals surface area contributed by atoms with E-state index in [9.17, 15) is 13.7 Å². The number of aryl methyl sites for hydroxylation is 1. The molecule has 7 nitrogen and oxygen atoms in total. The van der Waals surface area contributed by atoms with Crippen LogP contribution in [0.15, 0.2) is 28.3 Å². The van der Waals surface area contributed by atoms with Crippen molar-refractivity contribution in [2.45, 2.75) is 61.9 Å². The van der Waals surface area contributed by atoms with Crippen LogP contribution in [0.5, 0.6) is 0 Å². The largest absolute Gasteiger partial charge is 0.382 e. The van der Waals surface area contributed by atoms with Crippen molar-refractivity contribution in [3.05, 3.63) is 18.2 Å². The van der Waals surface area contributed by atoms with Gasteiger partial charge in [-0.1, -0.05) is 18.7 Å². The number of nitrogens with zero attached hydrogens (tertiary/aromatic N) is 4. The van der Waals surface area contributed by atoms with E-state index >= 15 is 0 Å². The average Bonchev–Trinajstić information content (AvgIpc) is 3.07. The quantitative estimate of drug-likeness (QED) is 0.425. The molecule has 1 saturated heterocycles. The first-order chi connectivity index (χ1) is 14.4. The monoisotopic (exact) mass is 450 g/mol. The Morgan fingerprint density at radius 3 is 2.93 bits per heavy atom. The summed E-state index contributed by atoms with van der Waals surface area (Å²) in [5, 5.41) is 9.70. The summed E-state index contributed by atoms with van der Waals surface area (Å²) in [4.78, 5) is 4.97. The fraction of sp³-hybridized carbons (Fsp3) is 0.619. The van der Waals surface area contributed by atoms with Gasteiger partial charge in [0.05, 0.1) is 27.2 Å². The minimum Gasteiger partial charge on any atom is -0.382 e. The standard InChI is InChI=1S/C21H30N4O3S2/c1-4-28-12-6-11-25-20-9-8-18(13-19(20)23-21(25)29-17(3)14-22)30(26,27)24-10-5-7-16(2)15-24/h8-9,13,16-17H,4-7,10-12,15H2,1-3H3. The number of thioether (sulfide) groups is 1. The van der Waals surface area contributed by atoms with Crippen LogP contribution in [0.25, 0.3) is 11.0 Å². The first-order valence-electron chi connectivity index (χ1n) is 10.5. The van der Waals surface area contributed by atoms with Gasteiger partial charge in [0.1, 0.15) is 0 Å². The zero-order chi connectivity index (χ0) is 21.7. The summed E-state index contributed by atoms with van der Waals surface area (Å²) in [5.41, 5.74) is 1.52. The molecule has 1 aliphatic rings. The molecule has 0 N–H and O–H groups in total. The van der Waals surface area contributed by atoms with Gasteiger partial charge in [-0.05, 0) is 57.2 Å². The molecule has 0 radical (unpaired) electrons. The van der Waals surface area contributed by atoms with E-state index < -0.39 is 10.0 Å². The molecule has 0 aliphatic carbocycles. The number of ether oxygens (including phenoxy) is 1. The van der Waals surface area contributed by atoms with Crippen molar-refractivity contribution in [1.29, 1.82) is 5.26 Å². The lowest BCUT2D eigenvalue weighted by molar-refractivity contribution is 0.141. The second-order valence-corrected chi connectivity index (χ2v) is 11.0. The molecule has 0 bridgehead atoms. The molecule has 1 aromatic carbocycles. The van der Waals surface area contributed by atoms with Crippen molar-refractivity contribution in [2.75, 3.05) is 26.3 Å². The Bertz CT molecular complexity index is 1010. The van der Waals surface area contributed by atoms with E-state index in [0.717, 1.165) is 29.9 Å². The lowest BCUT2D eigenvalue weighted by Gasteiger charge is -2.30. The van der Waals surface area contributed by atoms with Crippen LogP contribution in [0.4, 0.5) is 0 Å². The van der Waals surface area contributed by atoms with Gasteiger partial charge < -0.3 is 9.30 Å². The molecule has 0 spiro atoms. The van der Waals surface area contributed by atoms with E-state index in [1.807, 2.05) is 19.9 Å². The second kappa shape index (κ2) is 10.1. The molecule has 2 heterocycles. The summed E-state index contributed by atoms with van der Waals surface area (Å²) in [6, 6.07) is 7.42. The van der Waals surface area contributed by atoms with Gasteiger partial charge in [0.2, 0.25) is 10.0 Å². The van der Waals surface area contributed by atoms with Crippen molar-refractivity contribution < 1.29 is 13.2 Å². The van der Waals surface area contributed by atoms with E-state index in [4.69, 9.17) is 4.74 Å². The highest BCUT2D eigenvalue weighted by Gasteiger charge is 2.29. The Morgan fingerprint density at radius 1 is 1.43 bits per heavy atom. The second-order valence-electron chi connectivity index (χ2n) is 7.75. The van der Waals surface area contributed by atoms with Gasteiger partial charge in [-0.3, -0.25) is 0 Å². The number of nitriles is 1. The predicted molar refractivity (Wildman–Crippen MR) is 119 cm³/mol. The van der Waals surface area contributed by atoms with Crippen molar-refractivity contribution in [3.63, 3.8) is 0 Å². The molecule has 1 fully saturated rings. The Kier molecular flexibility index (Phi) is 7.80. The molecule has 1 aliphatic heterocycles. The Labute approximate surface area is 183 Å². The lowest BCUT2D eigenvalue weighted by atomic mass is 10.0. The molecule has 2 atom stereocenters. The number of benzene rings is 1. The molecule has 164 valence electrons. The van der Waals surface area contributed by atoms with Gasteiger partial charge in [-0.15, -0.1) is 0 Å². The van der Waals surface area contributed by atoms with E-state index in [1.54, 1.807) is 16.4 Å². The molecule has 9 heteroatoms. The van der Waals surface area contributed by atoms with Gasteiger partial charge >= 0.3 is 0 Å². The fourth-order valence-corrected chi connectivity index (χ4v) is 6.18. The number of hydrogen-bond acceptors (Lipinski definition) is 6. The maximum absolute atomic E-state index is 13.2. The molecule has 1 aromatic heterocycles. The molecule has 2 aromatic rings. The van der Waals surface area contributed by atoms with E-state index in [1.165, 1.54) is 11.8 Å². The molecule has 0 amide bonds. The number of sulfonamides is 1. The highest BCUT2D eigenvalue weighted by atomic mass is 32.2. The van der Waals surface area contributed by atoms with Crippen LogP contribution in [0, 0.1) is 17.2 Å². The Balaban J connectivity index is 1.94. The van der Waals surface area contributed by atoms with Crippen LogP contribution in [-0.2, 0) is 21.3 Å². The summed E-state index contributed by atoms with van der Waals surface area (Å²) in [6.45, 7) is 9.04. The molecule has 2 unspecified atom stereocenters. The Hall–Kier alpha value is -1.60. The van der Waals surface area contributed by atoms with Crippen molar-refractivity contribution in [1.82, 2.24) is 13.9 Å².